The van der Waals surface area contributed by atoms with Gasteiger partial charge in [-0.05, 0) is 60.6 Å². The maximum atomic E-state index is 12.8. The monoisotopic (exact) mass is 425 g/mol. The molecule has 1 heterocycles. The molecule has 0 saturated heterocycles. The second-order valence-electron chi connectivity index (χ2n) is 8.98. The van der Waals surface area contributed by atoms with Gasteiger partial charge in [-0.3, -0.25) is 4.79 Å². The summed E-state index contributed by atoms with van der Waals surface area (Å²) in [6.07, 6.45) is 3.95. The van der Waals surface area contributed by atoms with Crippen LogP contribution in [0, 0.1) is 5.92 Å². The van der Waals surface area contributed by atoms with Crippen LogP contribution >= 0.6 is 0 Å². The van der Waals surface area contributed by atoms with E-state index in [1.807, 2.05) is 30.6 Å². The number of imidazole rings is 1. The highest BCUT2D eigenvalue weighted by Gasteiger charge is 2.13. The zero-order chi connectivity index (χ0) is 22.5. The van der Waals surface area contributed by atoms with Crippen LogP contribution in [0.4, 0.5) is 0 Å². The van der Waals surface area contributed by atoms with Gasteiger partial charge in [-0.15, -0.1) is 0 Å². The number of rotatable bonds is 8. The molecule has 4 rings (SSSR count). The highest BCUT2D eigenvalue weighted by atomic mass is 16.1. The van der Waals surface area contributed by atoms with Crippen LogP contribution in [0.1, 0.15) is 49.5 Å². The molecule has 4 nitrogen and oxygen atoms in total. The fraction of sp³-hybridized carbons (Fsp3) is 0.286. The predicted molar refractivity (Wildman–Crippen MR) is 132 cm³/mol. The van der Waals surface area contributed by atoms with Gasteiger partial charge in [0.25, 0.3) is 5.91 Å². The van der Waals surface area contributed by atoms with Gasteiger partial charge in [-0.25, -0.2) is 4.98 Å². The number of amides is 1. The summed E-state index contributed by atoms with van der Waals surface area (Å²) in [4.78, 5) is 17.3. The van der Waals surface area contributed by atoms with Gasteiger partial charge in [0.2, 0.25) is 0 Å². The van der Waals surface area contributed by atoms with Gasteiger partial charge in [-0.1, -0.05) is 68.4 Å². The Kier molecular flexibility index (Phi) is 6.69. The summed E-state index contributed by atoms with van der Waals surface area (Å²) in [7, 11) is 0. The first-order chi connectivity index (χ1) is 15.5. The largest absolute Gasteiger partial charge is 0.350 e. The van der Waals surface area contributed by atoms with Gasteiger partial charge in [-0.2, -0.15) is 0 Å². The molecule has 0 aliphatic rings. The Balaban J connectivity index is 1.48. The van der Waals surface area contributed by atoms with Crippen molar-refractivity contribution in [2.75, 3.05) is 0 Å². The first-order valence-electron chi connectivity index (χ1n) is 11.4. The molecule has 0 spiro atoms. The zero-order valence-corrected chi connectivity index (χ0v) is 19.1. The lowest BCUT2D eigenvalue weighted by atomic mass is 10.0. The molecular weight excluding hydrogens is 394 g/mol. The molecule has 1 N–H and O–H groups in total. The van der Waals surface area contributed by atoms with Crippen LogP contribution in [0.5, 0.6) is 0 Å². The normalized spacial score (nSPS) is 12.2. The van der Waals surface area contributed by atoms with E-state index >= 15 is 0 Å². The first kappa shape index (κ1) is 21.8. The van der Waals surface area contributed by atoms with E-state index in [2.05, 4.69) is 84.2 Å². The van der Waals surface area contributed by atoms with Crippen LogP contribution in [0.25, 0.3) is 22.2 Å². The van der Waals surface area contributed by atoms with Crippen molar-refractivity contribution in [1.29, 1.82) is 0 Å². The van der Waals surface area contributed by atoms with Crippen molar-refractivity contribution in [3.8, 4) is 11.1 Å². The van der Waals surface area contributed by atoms with Crippen molar-refractivity contribution in [1.82, 2.24) is 14.9 Å². The van der Waals surface area contributed by atoms with Crippen molar-refractivity contribution in [3.63, 3.8) is 0 Å². The number of carbonyl (C=O) groups is 1. The van der Waals surface area contributed by atoms with Gasteiger partial charge in [0.1, 0.15) is 0 Å². The van der Waals surface area contributed by atoms with Crippen molar-refractivity contribution in [3.05, 3.63) is 90.3 Å². The lowest BCUT2D eigenvalue weighted by molar-refractivity contribution is 0.0937. The smallest absolute Gasteiger partial charge is 0.251 e. The van der Waals surface area contributed by atoms with Crippen LogP contribution in [-0.4, -0.2) is 21.5 Å². The van der Waals surface area contributed by atoms with Gasteiger partial charge < -0.3 is 9.88 Å². The van der Waals surface area contributed by atoms with Gasteiger partial charge >= 0.3 is 0 Å². The molecule has 4 heteroatoms. The van der Waals surface area contributed by atoms with E-state index in [0.717, 1.165) is 23.9 Å². The molecule has 1 atom stereocenters. The standard InChI is InChI=1S/C28H31N3O/c1-20(2)9-10-21(3)30-28(32)25-15-16-26-27(17-25)31(19-29-26)18-22-11-13-24(14-12-22)23-7-5-4-6-8-23/h4-8,11-17,19-21H,9-10,18H2,1-3H3,(H,30,32). The van der Waals surface area contributed by atoms with E-state index in [4.69, 9.17) is 0 Å². The summed E-state index contributed by atoms with van der Waals surface area (Å²) in [5, 5.41) is 3.13. The van der Waals surface area contributed by atoms with E-state index in [-0.39, 0.29) is 11.9 Å². The van der Waals surface area contributed by atoms with E-state index in [1.165, 1.54) is 16.7 Å². The Labute approximate surface area is 190 Å². The Morgan fingerprint density at radius 2 is 1.62 bits per heavy atom. The molecule has 0 fully saturated rings. The molecule has 0 radical (unpaired) electrons. The molecule has 1 amide bonds. The SMILES string of the molecule is CC(C)CCC(C)NC(=O)c1ccc2ncn(Cc3ccc(-c4ccccc4)cc3)c2c1. The lowest BCUT2D eigenvalue weighted by Crippen LogP contribution is -2.32. The number of benzene rings is 3. The lowest BCUT2D eigenvalue weighted by Gasteiger charge is -2.15. The molecule has 1 unspecified atom stereocenters. The van der Waals surface area contributed by atoms with E-state index in [1.54, 1.807) is 0 Å². The van der Waals surface area contributed by atoms with E-state index < -0.39 is 0 Å². The highest BCUT2D eigenvalue weighted by Crippen LogP contribution is 2.21. The predicted octanol–water partition coefficient (Wildman–Crippen LogP) is 6.31. The number of aromatic nitrogens is 2. The third kappa shape index (κ3) is 5.25. The molecule has 0 saturated carbocycles. The summed E-state index contributed by atoms with van der Waals surface area (Å²) in [5.41, 5.74) is 6.16. The average Bonchev–Trinajstić information content (AvgIpc) is 3.20. The Morgan fingerprint density at radius 1 is 0.906 bits per heavy atom. The summed E-state index contributed by atoms with van der Waals surface area (Å²) >= 11 is 0. The highest BCUT2D eigenvalue weighted by molar-refractivity contribution is 5.97. The maximum absolute atomic E-state index is 12.8. The summed E-state index contributed by atoms with van der Waals surface area (Å²) < 4.78 is 2.10. The quantitative estimate of drug-likeness (QED) is 0.360. The third-order valence-corrected chi connectivity index (χ3v) is 5.85. The molecule has 3 aromatic carbocycles. The zero-order valence-electron chi connectivity index (χ0n) is 19.1. The maximum Gasteiger partial charge on any atom is 0.251 e. The number of carbonyl (C=O) groups excluding carboxylic acids is 1. The summed E-state index contributed by atoms with van der Waals surface area (Å²) in [6.45, 7) is 7.20. The fourth-order valence-corrected chi connectivity index (χ4v) is 3.92. The van der Waals surface area contributed by atoms with Crippen LogP contribution in [0.15, 0.2) is 79.1 Å². The average molecular weight is 426 g/mol. The number of hydrogen-bond donors (Lipinski definition) is 1. The topological polar surface area (TPSA) is 46.9 Å². The summed E-state index contributed by atoms with van der Waals surface area (Å²) in [5.74, 6) is 0.616. The Morgan fingerprint density at radius 3 is 2.34 bits per heavy atom. The third-order valence-electron chi connectivity index (χ3n) is 5.85. The number of nitrogens with one attached hydrogen (secondary N) is 1. The molecule has 1 aromatic heterocycles. The summed E-state index contributed by atoms with van der Waals surface area (Å²) in [6, 6.07) is 24.9. The van der Waals surface area contributed by atoms with Crippen molar-refractivity contribution in [2.24, 2.45) is 5.92 Å². The van der Waals surface area contributed by atoms with Crippen LogP contribution < -0.4 is 5.32 Å². The van der Waals surface area contributed by atoms with Crippen molar-refractivity contribution in [2.45, 2.75) is 46.2 Å². The minimum absolute atomic E-state index is 0.0249. The minimum atomic E-state index is -0.0249. The van der Waals surface area contributed by atoms with E-state index in [9.17, 15) is 4.79 Å². The fourth-order valence-electron chi connectivity index (χ4n) is 3.92. The second kappa shape index (κ2) is 9.82. The number of fused-ring (bicyclic) bond motifs is 1. The molecule has 32 heavy (non-hydrogen) atoms. The van der Waals surface area contributed by atoms with Crippen LogP contribution in [0.2, 0.25) is 0 Å². The van der Waals surface area contributed by atoms with E-state index in [0.29, 0.717) is 18.0 Å². The first-order valence-corrected chi connectivity index (χ1v) is 11.4. The van der Waals surface area contributed by atoms with Crippen molar-refractivity contribution >= 4 is 16.9 Å². The molecule has 0 aliphatic heterocycles. The van der Waals surface area contributed by atoms with Gasteiger partial charge in [0.15, 0.2) is 0 Å². The number of hydrogen-bond acceptors (Lipinski definition) is 2. The van der Waals surface area contributed by atoms with Crippen LogP contribution in [-0.2, 0) is 6.54 Å². The van der Waals surface area contributed by atoms with Gasteiger partial charge in [0.05, 0.1) is 17.4 Å². The molecule has 4 aromatic rings. The minimum Gasteiger partial charge on any atom is -0.350 e. The molecule has 0 aliphatic carbocycles. The Bertz CT molecular complexity index is 1180. The molecular formula is C28H31N3O. The van der Waals surface area contributed by atoms with Crippen molar-refractivity contribution < 1.29 is 4.79 Å². The molecule has 0 bridgehead atoms. The van der Waals surface area contributed by atoms with Crippen LogP contribution in [0.3, 0.4) is 0 Å². The molecule has 164 valence electrons. The van der Waals surface area contributed by atoms with Gasteiger partial charge in [0, 0.05) is 18.2 Å². The Hall–Kier alpha value is -3.40. The second-order valence-corrected chi connectivity index (χ2v) is 8.98. The number of nitrogens with zero attached hydrogens (tertiary/aromatic N) is 2.